The molecule has 0 unspecified atom stereocenters. The van der Waals surface area contributed by atoms with E-state index in [2.05, 4.69) is 44.9 Å². The maximum absolute atomic E-state index is 11.5. The van der Waals surface area contributed by atoms with Crippen LogP contribution in [0.4, 0.5) is 0 Å². The number of rotatable bonds is 8. The maximum Gasteiger partial charge on any atom is 0.191 e. The molecule has 0 amide bonds. The number of hydrogen-bond donors (Lipinski definition) is 2. The molecule has 0 saturated carbocycles. The molecule has 0 aliphatic heterocycles. The third kappa shape index (κ3) is 6.45. The zero-order chi connectivity index (χ0) is 21.4. The molecular weight excluding hydrogens is 398 g/mol. The van der Waals surface area contributed by atoms with Gasteiger partial charge in [0.05, 0.1) is 11.2 Å². The molecule has 0 aliphatic rings. The highest BCUT2D eigenvalue weighted by molar-refractivity contribution is 7.90. The Kier molecular flexibility index (Phi) is 7.24. The average Bonchev–Trinajstić information content (AvgIpc) is 3.23. The first-order valence-corrected chi connectivity index (χ1v) is 11.6. The Balaban J connectivity index is 1.47. The van der Waals surface area contributed by atoms with Gasteiger partial charge in [0.1, 0.15) is 0 Å². The number of benzene rings is 2. The second-order valence-electron chi connectivity index (χ2n) is 7.07. The fourth-order valence-electron chi connectivity index (χ4n) is 3.06. The monoisotopic (exact) mass is 425 g/mol. The van der Waals surface area contributed by atoms with Crippen molar-refractivity contribution in [1.82, 2.24) is 20.2 Å². The van der Waals surface area contributed by atoms with Crippen LogP contribution in [0.1, 0.15) is 16.7 Å². The van der Waals surface area contributed by atoms with Crippen molar-refractivity contribution >= 4 is 15.8 Å². The van der Waals surface area contributed by atoms with Gasteiger partial charge < -0.3 is 15.2 Å². The van der Waals surface area contributed by atoms with E-state index in [0.717, 1.165) is 24.5 Å². The molecule has 1 aromatic heterocycles. The van der Waals surface area contributed by atoms with Gasteiger partial charge in [-0.25, -0.2) is 13.4 Å². The highest BCUT2D eigenvalue weighted by atomic mass is 32.2. The minimum absolute atomic E-state index is 0.340. The summed E-state index contributed by atoms with van der Waals surface area (Å²) in [6.07, 6.45) is 7.52. The highest BCUT2D eigenvalue weighted by Gasteiger charge is 2.06. The van der Waals surface area contributed by atoms with Crippen LogP contribution in [0.5, 0.6) is 0 Å². The molecule has 0 atom stereocenters. The lowest BCUT2D eigenvalue weighted by Gasteiger charge is -2.13. The number of aliphatic imine (C=N–C) groups is 1. The van der Waals surface area contributed by atoms with Gasteiger partial charge in [0.15, 0.2) is 15.8 Å². The molecule has 0 saturated heterocycles. The number of imidazole rings is 1. The van der Waals surface area contributed by atoms with Crippen LogP contribution in [-0.2, 0) is 29.3 Å². The van der Waals surface area contributed by atoms with Crippen LogP contribution < -0.4 is 10.6 Å². The van der Waals surface area contributed by atoms with Crippen molar-refractivity contribution in [1.29, 1.82) is 0 Å². The van der Waals surface area contributed by atoms with Gasteiger partial charge in [-0.2, -0.15) is 0 Å². The van der Waals surface area contributed by atoms with E-state index in [1.165, 1.54) is 17.4 Å². The van der Waals surface area contributed by atoms with E-state index in [1.54, 1.807) is 25.4 Å². The second kappa shape index (κ2) is 10.1. The lowest BCUT2D eigenvalue weighted by atomic mass is 10.1. The minimum atomic E-state index is -3.16. The molecule has 3 aromatic rings. The van der Waals surface area contributed by atoms with E-state index in [4.69, 9.17) is 0 Å². The molecule has 0 aliphatic carbocycles. The van der Waals surface area contributed by atoms with Crippen molar-refractivity contribution in [3.8, 4) is 0 Å². The first kappa shape index (κ1) is 21.6. The summed E-state index contributed by atoms with van der Waals surface area (Å²) in [5.41, 5.74) is 3.46. The van der Waals surface area contributed by atoms with Crippen molar-refractivity contribution in [2.75, 3.05) is 19.8 Å². The number of sulfone groups is 1. The number of hydrogen-bond acceptors (Lipinski definition) is 4. The van der Waals surface area contributed by atoms with E-state index in [9.17, 15) is 8.42 Å². The predicted octanol–water partition coefficient (Wildman–Crippen LogP) is 2.24. The number of nitrogens with one attached hydrogen (secondary N) is 2. The Morgan fingerprint density at radius 1 is 1.07 bits per heavy atom. The lowest BCUT2D eigenvalue weighted by molar-refractivity contribution is 0.602. The molecule has 0 radical (unpaired) electrons. The van der Waals surface area contributed by atoms with Crippen molar-refractivity contribution < 1.29 is 8.42 Å². The molecule has 30 heavy (non-hydrogen) atoms. The van der Waals surface area contributed by atoms with Gasteiger partial charge in [0.2, 0.25) is 0 Å². The highest BCUT2D eigenvalue weighted by Crippen LogP contribution is 2.10. The molecule has 7 nitrogen and oxygen atoms in total. The Morgan fingerprint density at radius 3 is 2.50 bits per heavy atom. The van der Waals surface area contributed by atoms with Crippen molar-refractivity contribution in [3.63, 3.8) is 0 Å². The van der Waals surface area contributed by atoms with E-state index >= 15 is 0 Å². The van der Waals surface area contributed by atoms with Crippen LogP contribution in [0.25, 0.3) is 0 Å². The molecule has 2 N–H and O–H groups in total. The number of aromatic nitrogens is 2. The zero-order valence-electron chi connectivity index (χ0n) is 17.2. The second-order valence-corrected chi connectivity index (χ2v) is 9.09. The smallest absolute Gasteiger partial charge is 0.191 e. The topological polar surface area (TPSA) is 88.4 Å². The quantitative estimate of drug-likeness (QED) is 0.427. The van der Waals surface area contributed by atoms with Crippen molar-refractivity contribution in [2.45, 2.75) is 24.4 Å². The molecular formula is C22H27N5O2S. The summed E-state index contributed by atoms with van der Waals surface area (Å²) < 4.78 is 25.1. The van der Waals surface area contributed by atoms with Crippen LogP contribution in [0.2, 0.25) is 0 Å². The van der Waals surface area contributed by atoms with E-state index < -0.39 is 9.84 Å². The van der Waals surface area contributed by atoms with Gasteiger partial charge in [-0.15, -0.1) is 0 Å². The van der Waals surface area contributed by atoms with Gasteiger partial charge in [-0.1, -0.05) is 36.4 Å². The third-order valence-electron chi connectivity index (χ3n) is 4.66. The third-order valence-corrected chi connectivity index (χ3v) is 5.79. The summed E-state index contributed by atoms with van der Waals surface area (Å²) in [5, 5.41) is 6.62. The normalized spacial score (nSPS) is 12.0. The lowest BCUT2D eigenvalue weighted by Crippen LogP contribution is -2.37. The summed E-state index contributed by atoms with van der Waals surface area (Å²) in [4.78, 5) is 8.68. The first-order valence-electron chi connectivity index (χ1n) is 9.71. The van der Waals surface area contributed by atoms with E-state index in [-0.39, 0.29) is 0 Å². The zero-order valence-corrected chi connectivity index (χ0v) is 18.1. The summed E-state index contributed by atoms with van der Waals surface area (Å²) >= 11 is 0. The molecule has 158 valence electrons. The number of guanidine groups is 1. The van der Waals surface area contributed by atoms with Gasteiger partial charge in [-0.3, -0.25) is 4.99 Å². The molecule has 0 spiro atoms. The Hall–Kier alpha value is -3.13. The van der Waals surface area contributed by atoms with Gasteiger partial charge >= 0.3 is 0 Å². The van der Waals surface area contributed by atoms with Crippen LogP contribution in [0.3, 0.4) is 0 Å². The summed E-state index contributed by atoms with van der Waals surface area (Å²) in [5.74, 6) is 0.725. The fourth-order valence-corrected chi connectivity index (χ4v) is 3.69. The minimum Gasteiger partial charge on any atom is -0.356 e. The molecule has 3 rings (SSSR count). The molecule has 1 heterocycles. The average molecular weight is 426 g/mol. The largest absolute Gasteiger partial charge is 0.356 e. The first-order chi connectivity index (χ1) is 14.4. The van der Waals surface area contributed by atoms with E-state index in [0.29, 0.717) is 18.0 Å². The van der Waals surface area contributed by atoms with Gasteiger partial charge in [0.25, 0.3) is 0 Å². The molecule has 0 bridgehead atoms. The van der Waals surface area contributed by atoms with Crippen LogP contribution in [0.15, 0.2) is 77.1 Å². The van der Waals surface area contributed by atoms with Gasteiger partial charge in [-0.05, 0) is 35.2 Å². The molecule has 8 heteroatoms. The van der Waals surface area contributed by atoms with Crippen LogP contribution in [0, 0.1) is 0 Å². The standard InChI is InChI=1S/C22H27N5O2S/c1-23-22(25-11-10-18-6-8-21(9-7-18)30(2,28)29)26-15-19-4-3-5-20(14-19)16-27-13-12-24-17-27/h3-9,12-14,17H,10-11,15-16H2,1-2H3,(H2,23,25,26). The Bertz CT molecular complexity index is 1070. The van der Waals surface area contributed by atoms with Crippen LogP contribution in [-0.4, -0.2) is 43.8 Å². The van der Waals surface area contributed by atoms with Crippen LogP contribution >= 0.6 is 0 Å². The summed E-state index contributed by atoms with van der Waals surface area (Å²) in [6.45, 7) is 2.15. The number of nitrogens with zero attached hydrogens (tertiary/aromatic N) is 3. The molecule has 2 aromatic carbocycles. The summed E-state index contributed by atoms with van der Waals surface area (Å²) in [7, 11) is -1.42. The SMILES string of the molecule is CN=C(NCCc1ccc(S(C)(=O)=O)cc1)NCc1cccc(Cn2ccnc2)c1. The van der Waals surface area contributed by atoms with Crippen molar-refractivity contribution in [3.05, 3.63) is 83.9 Å². The summed E-state index contributed by atoms with van der Waals surface area (Å²) in [6, 6.07) is 15.4. The maximum atomic E-state index is 11.5. The van der Waals surface area contributed by atoms with Crippen molar-refractivity contribution in [2.24, 2.45) is 4.99 Å². The van der Waals surface area contributed by atoms with E-state index in [1.807, 2.05) is 29.2 Å². The fraction of sp³-hybridized carbons (Fsp3) is 0.273. The Labute approximate surface area is 177 Å². The Morgan fingerprint density at radius 2 is 1.83 bits per heavy atom. The predicted molar refractivity (Wildman–Crippen MR) is 119 cm³/mol. The van der Waals surface area contributed by atoms with Gasteiger partial charge in [0, 0.05) is 45.3 Å². The molecule has 0 fully saturated rings.